The fourth-order valence-corrected chi connectivity index (χ4v) is 1.19. The third-order valence-corrected chi connectivity index (χ3v) is 1.75. The summed E-state index contributed by atoms with van der Waals surface area (Å²) >= 11 is 5.05. The lowest BCUT2D eigenvalue weighted by Crippen LogP contribution is -2.13. The second kappa shape index (κ2) is 5.53. The number of hydrogen-bond donors (Lipinski definition) is 0. The minimum absolute atomic E-state index is 0.279. The average molecular weight is 174 g/mol. The summed E-state index contributed by atoms with van der Waals surface area (Å²) in [5, 5.41) is 0.759. The number of ether oxygens (including phenoxy) is 1. The first-order valence-corrected chi connectivity index (χ1v) is 4.66. The van der Waals surface area contributed by atoms with Crippen LogP contribution < -0.4 is 0 Å². The van der Waals surface area contributed by atoms with E-state index in [1.807, 2.05) is 6.92 Å². The molecule has 0 rings (SSSR count). The highest BCUT2D eigenvalue weighted by Gasteiger charge is 2.05. The van der Waals surface area contributed by atoms with E-state index in [0.717, 1.165) is 17.9 Å². The maximum Gasteiger partial charge on any atom is 0.160 e. The molecular weight excluding hydrogens is 156 g/mol. The summed E-state index contributed by atoms with van der Waals surface area (Å²) in [5.41, 5.74) is 0. The Bertz CT molecular complexity index is 121. The summed E-state index contributed by atoms with van der Waals surface area (Å²) in [4.78, 5) is 0. The van der Waals surface area contributed by atoms with Gasteiger partial charge in [0.15, 0.2) is 5.05 Å². The summed E-state index contributed by atoms with van der Waals surface area (Å²) in [6.07, 6.45) is 2.21. The van der Waals surface area contributed by atoms with E-state index < -0.39 is 0 Å². The van der Waals surface area contributed by atoms with E-state index in [9.17, 15) is 0 Å². The van der Waals surface area contributed by atoms with Gasteiger partial charge in [0.25, 0.3) is 0 Å². The summed E-state index contributed by atoms with van der Waals surface area (Å²) in [6.45, 7) is 8.44. The van der Waals surface area contributed by atoms with Crippen LogP contribution in [0.15, 0.2) is 0 Å². The van der Waals surface area contributed by atoms with E-state index >= 15 is 0 Å². The van der Waals surface area contributed by atoms with Gasteiger partial charge in [-0.1, -0.05) is 20.8 Å². The van der Waals surface area contributed by atoms with Crippen LogP contribution in [-0.4, -0.2) is 11.2 Å². The molecule has 1 nitrogen and oxygen atoms in total. The molecule has 0 aromatic carbocycles. The third-order valence-electron chi connectivity index (χ3n) is 1.48. The Labute approximate surface area is 75.1 Å². The van der Waals surface area contributed by atoms with Crippen LogP contribution in [0.1, 0.15) is 40.5 Å². The summed E-state index contributed by atoms with van der Waals surface area (Å²) in [7, 11) is 0. The molecule has 0 saturated heterocycles. The molecular formula is C9H18OS. The van der Waals surface area contributed by atoms with E-state index in [1.54, 1.807) is 0 Å². The predicted octanol–water partition coefficient (Wildman–Crippen LogP) is 3.18. The lowest BCUT2D eigenvalue weighted by molar-refractivity contribution is 0.201. The van der Waals surface area contributed by atoms with Gasteiger partial charge >= 0.3 is 0 Å². The highest BCUT2D eigenvalue weighted by atomic mass is 32.1. The average Bonchev–Trinajstić information content (AvgIpc) is 1.85. The maximum absolute atomic E-state index is 5.44. The molecule has 0 saturated carbocycles. The normalized spacial score (nSPS) is 13.2. The van der Waals surface area contributed by atoms with Crippen LogP contribution in [-0.2, 0) is 4.74 Å². The van der Waals surface area contributed by atoms with Gasteiger partial charge in [-0.05, 0) is 31.5 Å². The van der Waals surface area contributed by atoms with Gasteiger partial charge in [0.2, 0.25) is 0 Å². The van der Waals surface area contributed by atoms with Crippen molar-refractivity contribution in [3.63, 3.8) is 0 Å². The third kappa shape index (κ3) is 6.29. The quantitative estimate of drug-likeness (QED) is 0.605. The van der Waals surface area contributed by atoms with Gasteiger partial charge in [-0.3, -0.25) is 0 Å². The fourth-order valence-electron chi connectivity index (χ4n) is 0.689. The lowest BCUT2D eigenvalue weighted by Gasteiger charge is -2.14. The Morgan fingerprint density at radius 1 is 1.36 bits per heavy atom. The molecule has 0 aliphatic rings. The molecule has 0 spiro atoms. The van der Waals surface area contributed by atoms with Crippen molar-refractivity contribution in [2.24, 2.45) is 5.92 Å². The SMILES string of the molecule is CC[C@H](C)OC(=S)CC(C)C. The van der Waals surface area contributed by atoms with E-state index in [4.69, 9.17) is 17.0 Å². The van der Waals surface area contributed by atoms with Crippen molar-refractivity contribution in [1.82, 2.24) is 0 Å². The molecule has 0 aliphatic carbocycles. The van der Waals surface area contributed by atoms with Crippen LogP contribution in [0.4, 0.5) is 0 Å². The zero-order chi connectivity index (χ0) is 8.85. The van der Waals surface area contributed by atoms with Crippen molar-refractivity contribution in [3.05, 3.63) is 0 Å². The largest absolute Gasteiger partial charge is 0.484 e. The highest BCUT2D eigenvalue weighted by Crippen LogP contribution is 2.06. The van der Waals surface area contributed by atoms with Crippen LogP contribution in [0.5, 0.6) is 0 Å². The van der Waals surface area contributed by atoms with Crippen LogP contribution in [0.3, 0.4) is 0 Å². The zero-order valence-electron chi connectivity index (χ0n) is 7.89. The molecule has 0 aliphatic heterocycles. The molecule has 0 N–H and O–H groups in total. The van der Waals surface area contributed by atoms with E-state index in [2.05, 4.69) is 20.8 Å². The van der Waals surface area contributed by atoms with Crippen LogP contribution in [0, 0.1) is 5.92 Å². The van der Waals surface area contributed by atoms with Crippen molar-refractivity contribution in [3.8, 4) is 0 Å². The van der Waals surface area contributed by atoms with Gasteiger partial charge < -0.3 is 4.74 Å². The first kappa shape index (κ1) is 10.9. The van der Waals surface area contributed by atoms with Crippen molar-refractivity contribution >= 4 is 17.3 Å². The molecule has 2 heteroatoms. The molecule has 0 aromatic rings. The monoisotopic (exact) mass is 174 g/mol. The zero-order valence-corrected chi connectivity index (χ0v) is 8.70. The second-order valence-electron chi connectivity index (χ2n) is 3.31. The first-order valence-electron chi connectivity index (χ1n) is 4.25. The van der Waals surface area contributed by atoms with E-state index in [-0.39, 0.29) is 6.10 Å². The molecule has 0 unspecified atom stereocenters. The van der Waals surface area contributed by atoms with Gasteiger partial charge in [-0.2, -0.15) is 0 Å². The molecule has 0 heterocycles. The summed E-state index contributed by atoms with van der Waals surface area (Å²) in [5.74, 6) is 0.603. The van der Waals surface area contributed by atoms with Crippen LogP contribution in [0.25, 0.3) is 0 Å². The van der Waals surface area contributed by atoms with Crippen molar-refractivity contribution < 1.29 is 4.74 Å². The smallest absolute Gasteiger partial charge is 0.160 e. The molecule has 1 atom stereocenters. The van der Waals surface area contributed by atoms with E-state index in [1.165, 1.54) is 0 Å². The Hall–Kier alpha value is -0.110. The number of hydrogen-bond acceptors (Lipinski definition) is 2. The molecule has 0 radical (unpaired) electrons. The maximum atomic E-state index is 5.44. The predicted molar refractivity (Wildman–Crippen MR) is 52.9 cm³/mol. The number of thiocarbonyl (C=S) groups is 1. The Morgan fingerprint density at radius 2 is 1.91 bits per heavy atom. The summed E-state index contributed by atoms with van der Waals surface area (Å²) in [6, 6.07) is 0. The molecule has 11 heavy (non-hydrogen) atoms. The van der Waals surface area contributed by atoms with Gasteiger partial charge in [-0.15, -0.1) is 0 Å². The van der Waals surface area contributed by atoms with Gasteiger partial charge in [0.05, 0.1) is 6.10 Å². The molecule has 0 bridgehead atoms. The fraction of sp³-hybridized carbons (Fsp3) is 0.889. The first-order chi connectivity index (χ1) is 5.06. The van der Waals surface area contributed by atoms with Crippen LogP contribution in [0.2, 0.25) is 0 Å². The minimum atomic E-state index is 0.279. The topological polar surface area (TPSA) is 9.23 Å². The standard InChI is InChI=1S/C9H18OS/c1-5-8(4)10-9(11)6-7(2)3/h7-8H,5-6H2,1-4H3/t8-/m0/s1. The van der Waals surface area contributed by atoms with Crippen LogP contribution >= 0.6 is 12.2 Å². The van der Waals surface area contributed by atoms with Crippen molar-refractivity contribution in [2.45, 2.75) is 46.6 Å². The minimum Gasteiger partial charge on any atom is -0.484 e. The van der Waals surface area contributed by atoms with Gasteiger partial charge in [0, 0.05) is 6.42 Å². The number of rotatable bonds is 4. The Balaban J connectivity index is 3.52. The molecule has 66 valence electrons. The van der Waals surface area contributed by atoms with Crippen molar-refractivity contribution in [2.75, 3.05) is 0 Å². The van der Waals surface area contributed by atoms with E-state index in [0.29, 0.717) is 5.92 Å². The van der Waals surface area contributed by atoms with Gasteiger partial charge in [0.1, 0.15) is 0 Å². The molecule has 0 fully saturated rings. The molecule has 0 amide bonds. The van der Waals surface area contributed by atoms with Gasteiger partial charge in [-0.25, -0.2) is 0 Å². The Morgan fingerprint density at radius 3 is 2.27 bits per heavy atom. The highest BCUT2D eigenvalue weighted by molar-refractivity contribution is 7.80. The lowest BCUT2D eigenvalue weighted by atomic mass is 10.1. The molecule has 0 aromatic heterocycles. The second-order valence-corrected chi connectivity index (χ2v) is 3.76. The Kier molecular flexibility index (Phi) is 5.47. The summed E-state index contributed by atoms with van der Waals surface area (Å²) < 4.78 is 5.44. The van der Waals surface area contributed by atoms with Crippen molar-refractivity contribution in [1.29, 1.82) is 0 Å².